The van der Waals surface area contributed by atoms with E-state index in [1.54, 1.807) is 0 Å². The number of carboxylic acid groups (broad SMARTS) is 1. The number of carbonyl (C=O) groups is 1. The molecule has 2 bridgehead atoms. The van der Waals surface area contributed by atoms with Crippen LogP contribution in [0, 0.1) is 17.3 Å². The summed E-state index contributed by atoms with van der Waals surface area (Å²) in [4.78, 5) is 17.2. The van der Waals surface area contributed by atoms with Crippen LogP contribution in [-0.2, 0) is 12.8 Å². The maximum atomic E-state index is 12.8. The van der Waals surface area contributed by atoms with E-state index in [0.717, 1.165) is 51.7 Å². The molecule has 1 N–H and O–H groups in total. The van der Waals surface area contributed by atoms with Crippen LogP contribution in [0.25, 0.3) is 11.1 Å². The molecule has 34 heavy (non-hydrogen) atoms. The molecule has 2 aromatic rings. The van der Waals surface area contributed by atoms with E-state index in [0.29, 0.717) is 11.8 Å². The lowest BCUT2D eigenvalue weighted by Crippen LogP contribution is -2.60. The van der Waals surface area contributed by atoms with Crippen LogP contribution in [0.15, 0.2) is 42.5 Å². The first kappa shape index (κ1) is 22.2. The second-order valence-electron chi connectivity index (χ2n) is 11.9. The first-order valence-corrected chi connectivity index (χ1v) is 13.4. The third-order valence-corrected chi connectivity index (χ3v) is 9.21. The Hall–Kier alpha value is -2.33. The fourth-order valence-electron chi connectivity index (χ4n) is 7.25. The lowest BCUT2D eigenvalue weighted by molar-refractivity contribution is -0.0243. The fraction of sp³-hybridized carbons (Fsp3) is 0.567. The lowest BCUT2D eigenvalue weighted by atomic mass is 9.73. The van der Waals surface area contributed by atoms with Crippen molar-refractivity contribution in [1.29, 1.82) is 0 Å². The first-order chi connectivity index (χ1) is 16.4. The normalized spacial score (nSPS) is 28.7. The molecule has 1 spiro atoms. The summed E-state index contributed by atoms with van der Waals surface area (Å²) in [5.74, 6) is 1.18. The van der Waals surface area contributed by atoms with Gasteiger partial charge in [0.15, 0.2) is 0 Å². The topological polar surface area (TPSA) is 43.8 Å². The predicted octanol–water partition coefficient (Wildman–Crippen LogP) is 6.39. The first-order valence-electron chi connectivity index (χ1n) is 13.4. The quantitative estimate of drug-likeness (QED) is 0.564. The number of nitrogens with zero attached hydrogens (tertiary/aromatic N) is 2. The van der Waals surface area contributed by atoms with Crippen molar-refractivity contribution in [2.24, 2.45) is 17.3 Å². The Morgan fingerprint density at radius 3 is 2.35 bits per heavy atom. The van der Waals surface area contributed by atoms with E-state index >= 15 is 0 Å². The molecule has 180 valence electrons. The van der Waals surface area contributed by atoms with Crippen molar-refractivity contribution < 1.29 is 9.90 Å². The van der Waals surface area contributed by atoms with Crippen LogP contribution < -0.4 is 0 Å². The SMILES string of the molecule is CC(C)Cc1ccc(-c2ccc3c(c2)CCC2(CC2)C3N(C(=O)O)[C@@H]2CN3CCC2CC3)cc1. The molecular weight excluding hydrogens is 420 g/mol. The largest absolute Gasteiger partial charge is 0.465 e. The number of fused-ring (bicyclic) bond motifs is 4. The average molecular weight is 459 g/mol. The highest BCUT2D eigenvalue weighted by Crippen LogP contribution is 2.63. The second kappa shape index (κ2) is 8.41. The molecule has 0 radical (unpaired) electrons. The Labute approximate surface area is 204 Å². The van der Waals surface area contributed by atoms with Gasteiger partial charge >= 0.3 is 6.09 Å². The molecule has 4 heteroatoms. The zero-order valence-electron chi connectivity index (χ0n) is 20.7. The minimum Gasteiger partial charge on any atom is -0.465 e. The Morgan fingerprint density at radius 1 is 1.06 bits per heavy atom. The van der Waals surface area contributed by atoms with Crippen molar-refractivity contribution in [1.82, 2.24) is 9.80 Å². The van der Waals surface area contributed by atoms with Gasteiger partial charge in [-0.1, -0.05) is 56.3 Å². The van der Waals surface area contributed by atoms with E-state index in [1.807, 2.05) is 4.90 Å². The third-order valence-electron chi connectivity index (χ3n) is 9.21. The number of aryl methyl sites for hydroxylation is 1. The van der Waals surface area contributed by atoms with Crippen molar-refractivity contribution in [3.8, 4) is 11.1 Å². The molecule has 2 aliphatic carbocycles. The number of hydrogen-bond donors (Lipinski definition) is 1. The molecule has 5 aliphatic rings. The third kappa shape index (κ3) is 3.84. The summed E-state index contributed by atoms with van der Waals surface area (Å²) in [5.41, 5.74) is 6.71. The molecule has 3 heterocycles. The summed E-state index contributed by atoms with van der Waals surface area (Å²) in [6.45, 7) is 7.72. The number of amides is 1. The van der Waals surface area contributed by atoms with E-state index in [4.69, 9.17) is 0 Å². The smallest absolute Gasteiger partial charge is 0.408 e. The van der Waals surface area contributed by atoms with Crippen molar-refractivity contribution in [2.45, 2.75) is 70.9 Å². The molecule has 3 aliphatic heterocycles. The molecule has 1 amide bonds. The molecule has 0 aromatic heterocycles. The Balaban J connectivity index is 1.34. The highest BCUT2D eigenvalue weighted by atomic mass is 16.4. The molecule has 2 atom stereocenters. The second-order valence-corrected chi connectivity index (χ2v) is 11.9. The van der Waals surface area contributed by atoms with Gasteiger partial charge in [-0.3, -0.25) is 4.90 Å². The van der Waals surface area contributed by atoms with E-state index in [9.17, 15) is 9.90 Å². The van der Waals surface area contributed by atoms with Gasteiger partial charge in [0, 0.05) is 6.54 Å². The lowest BCUT2D eigenvalue weighted by Gasteiger charge is -2.52. The number of benzene rings is 2. The van der Waals surface area contributed by atoms with E-state index in [2.05, 4.69) is 61.2 Å². The molecule has 2 aromatic carbocycles. The van der Waals surface area contributed by atoms with Gasteiger partial charge in [0.25, 0.3) is 0 Å². The fourth-order valence-corrected chi connectivity index (χ4v) is 7.25. The maximum absolute atomic E-state index is 12.8. The summed E-state index contributed by atoms with van der Waals surface area (Å²) >= 11 is 0. The summed E-state index contributed by atoms with van der Waals surface area (Å²) in [5, 5.41) is 10.5. The Kier molecular flexibility index (Phi) is 5.48. The number of rotatable bonds is 5. The zero-order valence-corrected chi connectivity index (χ0v) is 20.7. The average Bonchev–Trinajstić information content (AvgIpc) is 3.61. The van der Waals surface area contributed by atoms with Crippen LogP contribution in [0.5, 0.6) is 0 Å². The summed E-state index contributed by atoms with van der Waals surface area (Å²) in [6.07, 6.45) is 7.21. The zero-order chi connectivity index (χ0) is 23.4. The van der Waals surface area contributed by atoms with Gasteiger partial charge in [0.2, 0.25) is 0 Å². The Bertz CT molecular complexity index is 1060. The summed E-state index contributed by atoms with van der Waals surface area (Å²) in [6, 6.07) is 16.0. The van der Waals surface area contributed by atoms with Crippen molar-refractivity contribution in [3.63, 3.8) is 0 Å². The molecule has 7 rings (SSSR count). The van der Waals surface area contributed by atoms with Crippen molar-refractivity contribution >= 4 is 6.09 Å². The van der Waals surface area contributed by atoms with Gasteiger partial charge in [-0.15, -0.1) is 0 Å². The minimum absolute atomic E-state index is 0.0155. The van der Waals surface area contributed by atoms with Crippen molar-refractivity contribution in [3.05, 3.63) is 59.2 Å². The summed E-state index contributed by atoms with van der Waals surface area (Å²) in [7, 11) is 0. The molecular formula is C30H38N2O2. The van der Waals surface area contributed by atoms with E-state index in [1.165, 1.54) is 40.7 Å². The predicted molar refractivity (Wildman–Crippen MR) is 136 cm³/mol. The van der Waals surface area contributed by atoms with Crippen LogP contribution in [0.2, 0.25) is 0 Å². The van der Waals surface area contributed by atoms with Crippen LogP contribution >= 0.6 is 0 Å². The van der Waals surface area contributed by atoms with Gasteiger partial charge in [0.1, 0.15) is 0 Å². The van der Waals surface area contributed by atoms with Gasteiger partial charge in [-0.2, -0.15) is 0 Å². The standard InChI is InChI=1S/C30H38N2O2/c1-20(2)17-21-3-5-22(6-4-21)24-7-8-26-25(18-24)9-12-30(13-14-30)28(26)32(29(33)34)27-19-31-15-10-23(27)11-16-31/h3-8,18,20,23,27-28H,9-17,19H2,1-2H3,(H,33,34)/t27-,28?/m1/s1. The Morgan fingerprint density at radius 2 is 1.76 bits per heavy atom. The molecule has 4 nitrogen and oxygen atoms in total. The van der Waals surface area contributed by atoms with Crippen molar-refractivity contribution in [2.75, 3.05) is 19.6 Å². The minimum atomic E-state index is -0.715. The summed E-state index contributed by atoms with van der Waals surface area (Å²) < 4.78 is 0. The molecule has 1 saturated carbocycles. The van der Waals surface area contributed by atoms with Gasteiger partial charge < -0.3 is 10.0 Å². The van der Waals surface area contributed by atoms with E-state index < -0.39 is 6.09 Å². The highest BCUT2D eigenvalue weighted by molar-refractivity contribution is 5.69. The maximum Gasteiger partial charge on any atom is 0.408 e. The van der Waals surface area contributed by atoms with Crippen LogP contribution in [-0.4, -0.2) is 46.7 Å². The molecule has 4 fully saturated rings. The monoisotopic (exact) mass is 458 g/mol. The number of piperidine rings is 3. The molecule has 1 unspecified atom stereocenters. The van der Waals surface area contributed by atoms with Gasteiger partial charge in [-0.25, -0.2) is 4.79 Å². The van der Waals surface area contributed by atoms with Crippen LogP contribution in [0.4, 0.5) is 4.79 Å². The van der Waals surface area contributed by atoms with Gasteiger partial charge in [-0.05, 0) is 103 Å². The number of hydrogen-bond acceptors (Lipinski definition) is 2. The van der Waals surface area contributed by atoms with E-state index in [-0.39, 0.29) is 17.5 Å². The molecule has 3 saturated heterocycles. The van der Waals surface area contributed by atoms with Gasteiger partial charge in [0.05, 0.1) is 12.1 Å². The van der Waals surface area contributed by atoms with Crippen LogP contribution in [0.3, 0.4) is 0 Å². The highest BCUT2D eigenvalue weighted by Gasteiger charge is 2.57. The van der Waals surface area contributed by atoms with Crippen LogP contribution in [0.1, 0.15) is 68.7 Å².